The fourth-order valence-corrected chi connectivity index (χ4v) is 3.89. The molecule has 4 aromatic rings. The Labute approximate surface area is 183 Å². The van der Waals surface area contributed by atoms with Gasteiger partial charge in [0, 0.05) is 29.0 Å². The summed E-state index contributed by atoms with van der Waals surface area (Å²) in [5, 5.41) is 4.78. The van der Waals surface area contributed by atoms with Gasteiger partial charge in [0.1, 0.15) is 17.2 Å². The Bertz CT molecular complexity index is 1190. The minimum Gasteiger partial charge on any atom is -0.338 e. The molecule has 29 heavy (non-hydrogen) atoms. The highest BCUT2D eigenvalue weighted by Gasteiger charge is 2.17. The maximum absolute atomic E-state index is 6.52. The van der Waals surface area contributed by atoms with Crippen LogP contribution in [0.2, 0.25) is 15.1 Å². The topological polar surface area (TPSA) is 55.6 Å². The third kappa shape index (κ3) is 4.04. The third-order valence-electron chi connectivity index (χ3n) is 4.49. The van der Waals surface area contributed by atoms with Crippen molar-refractivity contribution in [1.82, 2.24) is 19.5 Å². The SMILES string of the molecule is CCCn1c(-c2cnc(Nc3ccc(C)nc3)c(Cl)c2)nc2c(Cl)cc(Cl)cc21. The number of nitrogens with one attached hydrogen (secondary N) is 1. The van der Waals surface area contributed by atoms with Crippen molar-refractivity contribution in [3.8, 4) is 11.4 Å². The zero-order chi connectivity index (χ0) is 20.5. The molecule has 0 fully saturated rings. The molecule has 8 heteroatoms. The van der Waals surface area contributed by atoms with E-state index in [1.165, 1.54) is 0 Å². The predicted octanol–water partition coefficient (Wildman–Crippen LogP) is 6.92. The Hall–Kier alpha value is -2.34. The number of pyridine rings is 2. The number of aryl methyl sites for hydroxylation is 2. The van der Waals surface area contributed by atoms with Crippen molar-refractivity contribution in [3.63, 3.8) is 0 Å². The zero-order valence-corrected chi connectivity index (χ0v) is 18.1. The van der Waals surface area contributed by atoms with Crippen LogP contribution in [0.4, 0.5) is 11.5 Å². The van der Waals surface area contributed by atoms with E-state index in [4.69, 9.17) is 39.8 Å². The number of imidazole rings is 1. The number of hydrogen-bond donors (Lipinski definition) is 1. The second-order valence-electron chi connectivity index (χ2n) is 6.71. The van der Waals surface area contributed by atoms with E-state index >= 15 is 0 Å². The van der Waals surface area contributed by atoms with Gasteiger partial charge in [0.25, 0.3) is 0 Å². The maximum Gasteiger partial charge on any atom is 0.149 e. The van der Waals surface area contributed by atoms with Crippen LogP contribution in [0.5, 0.6) is 0 Å². The summed E-state index contributed by atoms with van der Waals surface area (Å²) in [6, 6.07) is 9.28. The first-order valence-corrected chi connectivity index (χ1v) is 10.3. The molecular formula is C21H18Cl3N5. The van der Waals surface area contributed by atoms with Crippen molar-refractivity contribution in [2.75, 3.05) is 5.32 Å². The molecular weight excluding hydrogens is 429 g/mol. The number of nitrogens with zero attached hydrogens (tertiary/aromatic N) is 4. The van der Waals surface area contributed by atoms with Gasteiger partial charge >= 0.3 is 0 Å². The summed E-state index contributed by atoms with van der Waals surface area (Å²) in [6.45, 7) is 4.82. The van der Waals surface area contributed by atoms with Crippen molar-refractivity contribution in [3.05, 3.63) is 63.5 Å². The molecule has 0 spiro atoms. The molecule has 3 aromatic heterocycles. The molecule has 0 radical (unpaired) electrons. The Morgan fingerprint density at radius 3 is 2.52 bits per heavy atom. The molecule has 0 amide bonds. The van der Waals surface area contributed by atoms with Gasteiger partial charge in [0.05, 0.1) is 27.4 Å². The zero-order valence-electron chi connectivity index (χ0n) is 15.9. The minimum atomic E-state index is 0.488. The lowest BCUT2D eigenvalue weighted by molar-refractivity contribution is 0.704. The highest BCUT2D eigenvalue weighted by Crippen LogP contribution is 2.34. The van der Waals surface area contributed by atoms with E-state index in [2.05, 4.69) is 26.8 Å². The summed E-state index contributed by atoms with van der Waals surface area (Å²) in [7, 11) is 0. The predicted molar refractivity (Wildman–Crippen MR) is 121 cm³/mol. The first-order chi connectivity index (χ1) is 14.0. The lowest BCUT2D eigenvalue weighted by Gasteiger charge is -2.11. The average Bonchev–Trinajstić information content (AvgIpc) is 3.04. The normalized spacial score (nSPS) is 11.2. The lowest BCUT2D eigenvalue weighted by atomic mass is 10.2. The monoisotopic (exact) mass is 445 g/mol. The molecule has 0 saturated carbocycles. The fraction of sp³-hybridized carbons (Fsp3) is 0.190. The van der Waals surface area contributed by atoms with Gasteiger partial charge in [-0.05, 0) is 43.7 Å². The van der Waals surface area contributed by atoms with Crippen molar-refractivity contribution in [2.24, 2.45) is 0 Å². The number of hydrogen-bond acceptors (Lipinski definition) is 4. The summed E-state index contributed by atoms with van der Waals surface area (Å²) in [6.07, 6.45) is 4.43. The quantitative estimate of drug-likeness (QED) is 0.361. The van der Waals surface area contributed by atoms with E-state index in [0.29, 0.717) is 26.4 Å². The Balaban J connectivity index is 1.75. The van der Waals surface area contributed by atoms with E-state index in [-0.39, 0.29) is 0 Å². The number of rotatable bonds is 5. The molecule has 1 aromatic carbocycles. The molecule has 3 heterocycles. The van der Waals surface area contributed by atoms with E-state index < -0.39 is 0 Å². The summed E-state index contributed by atoms with van der Waals surface area (Å²) < 4.78 is 2.09. The van der Waals surface area contributed by atoms with Crippen molar-refractivity contribution in [1.29, 1.82) is 0 Å². The van der Waals surface area contributed by atoms with Crippen LogP contribution in [-0.2, 0) is 6.54 Å². The number of benzene rings is 1. The van der Waals surface area contributed by atoms with E-state index in [9.17, 15) is 0 Å². The summed E-state index contributed by atoms with van der Waals surface area (Å²) >= 11 is 19.1. The van der Waals surface area contributed by atoms with E-state index in [1.54, 1.807) is 18.5 Å². The van der Waals surface area contributed by atoms with Crippen LogP contribution in [0, 0.1) is 6.92 Å². The Morgan fingerprint density at radius 1 is 1.00 bits per heavy atom. The molecule has 0 atom stereocenters. The minimum absolute atomic E-state index is 0.488. The average molecular weight is 447 g/mol. The first-order valence-electron chi connectivity index (χ1n) is 9.17. The van der Waals surface area contributed by atoms with Gasteiger partial charge in [-0.3, -0.25) is 4.98 Å². The summed E-state index contributed by atoms with van der Waals surface area (Å²) in [4.78, 5) is 13.5. The highest BCUT2D eigenvalue weighted by atomic mass is 35.5. The van der Waals surface area contributed by atoms with Gasteiger partial charge in [-0.1, -0.05) is 41.7 Å². The molecule has 4 rings (SSSR count). The molecule has 0 bridgehead atoms. The van der Waals surface area contributed by atoms with Gasteiger partial charge < -0.3 is 9.88 Å². The Morgan fingerprint density at radius 2 is 1.83 bits per heavy atom. The Kier molecular flexibility index (Phi) is 5.63. The van der Waals surface area contributed by atoms with Crippen molar-refractivity contribution < 1.29 is 0 Å². The number of halogens is 3. The van der Waals surface area contributed by atoms with Crippen LogP contribution in [-0.4, -0.2) is 19.5 Å². The second kappa shape index (κ2) is 8.19. The third-order valence-corrected chi connectivity index (χ3v) is 5.29. The maximum atomic E-state index is 6.52. The molecule has 0 saturated heterocycles. The van der Waals surface area contributed by atoms with E-state index in [0.717, 1.165) is 41.3 Å². The fourth-order valence-electron chi connectivity index (χ4n) is 3.15. The molecule has 5 nitrogen and oxygen atoms in total. The van der Waals surface area contributed by atoms with Gasteiger partial charge in [-0.15, -0.1) is 0 Å². The summed E-state index contributed by atoms with van der Waals surface area (Å²) in [5.41, 5.74) is 4.17. The van der Waals surface area contributed by atoms with Gasteiger partial charge in [0.15, 0.2) is 0 Å². The van der Waals surface area contributed by atoms with Crippen LogP contribution in [0.25, 0.3) is 22.4 Å². The molecule has 148 valence electrons. The van der Waals surface area contributed by atoms with Crippen LogP contribution >= 0.6 is 34.8 Å². The van der Waals surface area contributed by atoms with Crippen molar-refractivity contribution in [2.45, 2.75) is 26.8 Å². The molecule has 0 aliphatic rings. The smallest absolute Gasteiger partial charge is 0.149 e. The molecule has 0 unspecified atom stereocenters. The van der Waals surface area contributed by atoms with Gasteiger partial charge in [-0.2, -0.15) is 0 Å². The molecule has 0 aliphatic carbocycles. The molecule has 0 aliphatic heterocycles. The number of fused-ring (bicyclic) bond motifs is 1. The number of aromatic nitrogens is 4. The van der Waals surface area contributed by atoms with Crippen LogP contribution < -0.4 is 5.32 Å². The lowest BCUT2D eigenvalue weighted by Crippen LogP contribution is -2.01. The molecule has 1 N–H and O–H groups in total. The largest absolute Gasteiger partial charge is 0.338 e. The standard InChI is InChI=1S/C21H18Cl3N5/c1-3-6-29-18-9-14(22)8-16(23)19(18)28-21(29)13-7-17(24)20(26-10-13)27-15-5-4-12(2)25-11-15/h4-5,7-11H,3,6H2,1-2H3,(H,26,27). The van der Waals surface area contributed by atoms with Gasteiger partial charge in [0.2, 0.25) is 0 Å². The van der Waals surface area contributed by atoms with Crippen LogP contribution in [0.15, 0.2) is 42.7 Å². The summed E-state index contributed by atoms with van der Waals surface area (Å²) in [5.74, 6) is 1.31. The van der Waals surface area contributed by atoms with Gasteiger partial charge in [-0.25, -0.2) is 9.97 Å². The van der Waals surface area contributed by atoms with Crippen LogP contribution in [0.3, 0.4) is 0 Å². The van der Waals surface area contributed by atoms with Crippen molar-refractivity contribution >= 4 is 57.3 Å². The van der Waals surface area contributed by atoms with Crippen LogP contribution in [0.1, 0.15) is 19.0 Å². The second-order valence-corrected chi connectivity index (χ2v) is 7.96. The van der Waals surface area contributed by atoms with E-state index in [1.807, 2.05) is 31.2 Å². The number of anilines is 2. The highest BCUT2D eigenvalue weighted by molar-refractivity contribution is 6.38. The first kappa shape index (κ1) is 20.0.